The van der Waals surface area contributed by atoms with E-state index in [1.54, 1.807) is 29.0 Å². The average molecular weight is 151 g/mol. The van der Waals surface area contributed by atoms with Gasteiger partial charge >= 0.3 is 6.03 Å². The van der Waals surface area contributed by atoms with E-state index >= 15 is 0 Å². The summed E-state index contributed by atoms with van der Waals surface area (Å²) >= 11 is 0. The monoisotopic (exact) mass is 151 g/mol. The van der Waals surface area contributed by atoms with Gasteiger partial charge in [-0.3, -0.25) is 4.57 Å². The molecule has 0 bridgehead atoms. The largest absolute Gasteiger partial charge is 0.329 e. The summed E-state index contributed by atoms with van der Waals surface area (Å²) in [6.07, 6.45) is 4.21. The zero-order valence-corrected chi connectivity index (χ0v) is 6.32. The number of likely N-dealkylation sites (N-methyl/N-ethyl adjacent to an activating group) is 1. The second kappa shape index (κ2) is 2.08. The maximum atomic E-state index is 11.3. The Balaban J connectivity index is 2.46. The molecule has 2 rings (SSSR count). The fourth-order valence-corrected chi connectivity index (χ4v) is 1.24. The third-order valence-electron chi connectivity index (χ3n) is 1.95. The molecule has 2 heterocycles. The highest BCUT2D eigenvalue weighted by atomic mass is 16.2. The number of carbonyl (C=O) groups is 1. The molecular formula is C7H9N3O. The maximum absolute atomic E-state index is 11.3. The van der Waals surface area contributed by atoms with E-state index in [1.807, 2.05) is 0 Å². The van der Waals surface area contributed by atoms with Crippen LogP contribution in [0.5, 0.6) is 0 Å². The highest BCUT2D eigenvalue weighted by Gasteiger charge is 2.19. The molecule has 11 heavy (non-hydrogen) atoms. The van der Waals surface area contributed by atoms with E-state index in [2.05, 4.69) is 4.98 Å². The average Bonchev–Trinajstić information content (AvgIpc) is 2.45. The molecule has 0 unspecified atom stereocenters. The number of amides is 1. The van der Waals surface area contributed by atoms with Crippen molar-refractivity contribution < 1.29 is 4.79 Å². The SMILES string of the molecule is CN1CCc2cncn2C1=O. The number of nitrogens with zero attached hydrogens (tertiary/aromatic N) is 3. The van der Waals surface area contributed by atoms with Crippen molar-refractivity contribution in [3.63, 3.8) is 0 Å². The first-order chi connectivity index (χ1) is 5.29. The molecule has 0 aliphatic carbocycles. The Hall–Kier alpha value is -1.32. The molecule has 0 N–H and O–H groups in total. The number of aromatic nitrogens is 2. The Morgan fingerprint density at radius 1 is 1.64 bits per heavy atom. The topological polar surface area (TPSA) is 38.1 Å². The van der Waals surface area contributed by atoms with Gasteiger partial charge < -0.3 is 4.90 Å². The first-order valence-corrected chi connectivity index (χ1v) is 3.56. The first kappa shape index (κ1) is 6.39. The van der Waals surface area contributed by atoms with Gasteiger partial charge in [-0.25, -0.2) is 9.78 Å². The number of rotatable bonds is 0. The lowest BCUT2D eigenvalue weighted by Gasteiger charge is -2.23. The van der Waals surface area contributed by atoms with E-state index in [1.165, 1.54) is 0 Å². The molecule has 0 radical (unpaired) electrons. The smallest absolute Gasteiger partial charge is 0.327 e. The normalized spacial score (nSPS) is 16.8. The van der Waals surface area contributed by atoms with Gasteiger partial charge in [-0.15, -0.1) is 0 Å². The highest BCUT2D eigenvalue weighted by molar-refractivity contribution is 5.78. The first-order valence-electron chi connectivity index (χ1n) is 3.56. The van der Waals surface area contributed by atoms with Crippen molar-refractivity contribution in [1.82, 2.24) is 14.5 Å². The molecule has 4 heteroatoms. The zero-order chi connectivity index (χ0) is 7.84. The number of imidazole rings is 1. The quantitative estimate of drug-likeness (QED) is 0.536. The summed E-state index contributed by atoms with van der Waals surface area (Å²) in [7, 11) is 1.80. The van der Waals surface area contributed by atoms with E-state index in [0.29, 0.717) is 0 Å². The van der Waals surface area contributed by atoms with Crippen molar-refractivity contribution in [1.29, 1.82) is 0 Å². The minimum absolute atomic E-state index is 0.0174. The minimum Gasteiger partial charge on any atom is -0.327 e. The highest BCUT2D eigenvalue weighted by Crippen LogP contribution is 2.08. The zero-order valence-electron chi connectivity index (χ0n) is 6.32. The van der Waals surface area contributed by atoms with Crippen molar-refractivity contribution in [2.45, 2.75) is 6.42 Å². The van der Waals surface area contributed by atoms with Gasteiger partial charge in [0.1, 0.15) is 6.33 Å². The van der Waals surface area contributed by atoms with Crippen molar-refractivity contribution in [2.75, 3.05) is 13.6 Å². The predicted molar refractivity (Wildman–Crippen MR) is 39.4 cm³/mol. The lowest BCUT2D eigenvalue weighted by atomic mass is 10.3. The Bertz CT molecular complexity index is 292. The molecule has 0 spiro atoms. The van der Waals surface area contributed by atoms with Gasteiger partial charge in [-0.2, -0.15) is 0 Å². The Morgan fingerprint density at radius 3 is 3.27 bits per heavy atom. The molecule has 58 valence electrons. The third kappa shape index (κ3) is 0.824. The second-order valence-corrected chi connectivity index (χ2v) is 2.71. The Kier molecular flexibility index (Phi) is 1.21. The summed E-state index contributed by atoms with van der Waals surface area (Å²) < 4.78 is 1.59. The van der Waals surface area contributed by atoms with Gasteiger partial charge in [-0.05, 0) is 0 Å². The van der Waals surface area contributed by atoms with Crippen LogP contribution in [0.2, 0.25) is 0 Å². The molecule has 0 saturated carbocycles. The summed E-state index contributed by atoms with van der Waals surface area (Å²) in [5, 5.41) is 0. The van der Waals surface area contributed by atoms with Crippen LogP contribution in [-0.2, 0) is 6.42 Å². The predicted octanol–water partition coefficient (Wildman–Crippen LogP) is 0.339. The van der Waals surface area contributed by atoms with Crippen LogP contribution < -0.4 is 0 Å². The summed E-state index contributed by atoms with van der Waals surface area (Å²) in [6.45, 7) is 0.796. The maximum Gasteiger partial charge on any atom is 0.329 e. The number of hydrogen-bond donors (Lipinski definition) is 0. The van der Waals surface area contributed by atoms with Crippen LogP contribution >= 0.6 is 0 Å². The lowest BCUT2D eigenvalue weighted by Crippen LogP contribution is -2.37. The molecule has 0 saturated heterocycles. The molecule has 1 aromatic heterocycles. The van der Waals surface area contributed by atoms with E-state index in [-0.39, 0.29) is 6.03 Å². The van der Waals surface area contributed by atoms with Crippen LogP contribution in [0.3, 0.4) is 0 Å². The number of fused-ring (bicyclic) bond motifs is 1. The number of hydrogen-bond acceptors (Lipinski definition) is 2. The standard InChI is InChI=1S/C7H9N3O/c1-9-3-2-6-4-8-5-10(6)7(9)11/h4-5H,2-3H2,1H3. The van der Waals surface area contributed by atoms with Gasteiger partial charge in [0, 0.05) is 31.9 Å². The van der Waals surface area contributed by atoms with Crippen molar-refractivity contribution in [3.8, 4) is 0 Å². The van der Waals surface area contributed by atoms with Crippen LogP contribution in [-0.4, -0.2) is 34.1 Å². The van der Waals surface area contributed by atoms with Gasteiger partial charge in [0.15, 0.2) is 0 Å². The van der Waals surface area contributed by atoms with Gasteiger partial charge in [-0.1, -0.05) is 0 Å². The molecule has 0 aromatic carbocycles. The van der Waals surface area contributed by atoms with Gasteiger partial charge in [0.25, 0.3) is 0 Å². The third-order valence-corrected chi connectivity index (χ3v) is 1.95. The lowest BCUT2D eigenvalue weighted by molar-refractivity contribution is 0.204. The van der Waals surface area contributed by atoms with E-state index in [4.69, 9.17) is 0 Å². The van der Waals surface area contributed by atoms with E-state index in [9.17, 15) is 4.79 Å². The van der Waals surface area contributed by atoms with Crippen LogP contribution in [0.1, 0.15) is 5.69 Å². The van der Waals surface area contributed by atoms with Gasteiger partial charge in [0.05, 0.1) is 0 Å². The van der Waals surface area contributed by atoms with Crippen molar-refractivity contribution >= 4 is 6.03 Å². The van der Waals surface area contributed by atoms with Crippen molar-refractivity contribution in [3.05, 3.63) is 18.2 Å². The summed E-state index contributed by atoms with van der Waals surface area (Å²) in [5.41, 5.74) is 1.01. The molecule has 1 amide bonds. The van der Waals surface area contributed by atoms with Crippen LogP contribution in [0.15, 0.2) is 12.5 Å². The summed E-state index contributed by atoms with van der Waals surface area (Å²) in [4.78, 5) is 16.9. The Labute approximate surface area is 64.4 Å². The molecular weight excluding hydrogens is 142 g/mol. The molecule has 1 aliphatic heterocycles. The Morgan fingerprint density at radius 2 is 2.45 bits per heavy atom. The van der Waals surface area contributed by atoms with Crippen molar-refractivity contribution in [2.24, 2.45) is 0 Å². The summed E-state index contributed by atoms with van der Waals surface area (Å²) in [5.74, 6) is 0. The summed E-state index contributed by atoms with van der Waals surface area (Å²) in [6, 6.07) is 0.0174. The second-order valence-electron chi connectivity index (χ2n) is 2.71. The van der Waals surface area contributed by atoms with Crippen LogP contribution in [0.4, 0.5) is 4.79 Å². The molecule has 0 fully saturated rings. The molecule has 1 aromatic rings. The van der Waals surface area contributed by atoms with Crippen LogP contribution in [0.25, 0.3) is 0 Å². The van der Waals surface area contributed by atoms with E-state index in [0.717, 1.165) is 18.7 Å². The molecule has 0 atom stereocenters. The fourth-order valence-electron chi connectivity index (χ4n) is 1.24. The van der Waals surface area contributed by atoms with Gasteiger partial charge in [0.2, 0.25) is 0 Å². The fraction of sp³-hybridized carbons (Fsp3) is 0.429. The minimum atomic E-state index is 0.0174. The molecule has 1 aliphatic rings. The molecule has 4 nitrogen and oxygen atoms in total. The number of carbonyl (C=O) groups excluding carboxylic acids is 1. The van der Waals surface area contributed by atoms with E-state index < -0.39 is 0 Å². The van der Waals surface area contributed by atoms with Crippen LogP contribution in [0, 0.1) is 0 Å².